The summed E-state index contributed by atoms with van der Waals surface area (Å²) in [5.41, 5.74) is 6.35. The van der Waals surface area contributed by atoms with Crippen LogP contribution in [0.1, 0.15) is 38.3 Å². The molecular formula is C14H21FN2O. The van der Waals surface area contributed by atoms with Crippen LogP contribution in [0.15, 0.2) is 24.3 Å². The molecule has 1 amide bonds. The molecule has 3 nitrogen and oxygen atoms in total. The number of carbonyl (C=O) groups excluding carboxylic acids is 1. The van der Waals surface area contributed by atoms with Crippen LogP contribution in [-0.4, -0.2) is 23.9 Å². The fourth-order valence-electron chi connectivity index (χ4n) is 1.98. The van der Waals surface area contributed by atoms with Gasteiger partial charge in [-0.3, -0.25) is 4.79 Å². The Labute approximate surface area is 108 Å². The molecule has 0 aliphatic carbocycles. The molecule has 0 saturated heterocycles. The lowest BCUT2D eigenvalue weighted by molar-refractivity contribution is -0.133. The minimum Gasteiger partial charge on any atom is -0.336 e. The Balaban J connectivity index is 2.75. The third-order valence-corrected chi connectivity index (χ3v) is 3.08. The van der Waals surface area contributed by atoms with E-state index in [1.54, 1.807) is 17.0 Å². The molecule has 0 saturated carbocycles. The Morgan fingerprint density at radius 2 is 2.00 bits per heavy atom. The molecule has 1 aromatic rings. The largest absolute Gasteiger partial charge is 0.336 e. The molecule has 0 aliphatic heterocycles. The van der Waals surface area contributed by atoms with Gasteiger partial charge in [-0.1, -0.05) is 12.1 Å². The normalized spacial score (nSPS) is 12.2. The molecule has 1 unspecified atom stereocenters. The monoisotopic (exact) mass is 252 g/mol. The molecular weight excluding hydrogens is 231 g/mol. The van der Waals surface area contributed by atoms with Gasteiger partial charge in [-0.05, 0) is 44.5 Å². The number of amides is 1. The van der Waals surface area contributed by atoms with Crippen molar-refractivity contribution in [3.05, 3.63) is 35.6 Å². The minimum atomic E-state index is -0.261. The molecule has 0 bridgehead atoms. The lowest BCUT2D eigenvalue weighted by atomic mass is 10.1. The predicted molar refractivity (Wildman–Crippen MR) is 70.5 cm³/mol. The summed E-state index contributed by atoms with van der Waals surface area (Å²) in [5, 5.41) is 0. The molecule has 1 rings (SSSR count). The molecule has 0 fully saturated rings. The molecule has 18 heavy (non-hydrogen) atoms. The highest BCUT2D eigenvalue weighted by Gasteiger charge is 2.19. The van der Waals surface area contributed by atoms with Gasteiger partial charge in [0.15, 0.2) is 0 Å². The van der Waals surface area contributed by atoms with Crippen LogP contribution in [0.25, 0.3) is 0 Å². The van der Waals surface area contributed by atoms with Crippen molar-refractivity contribution in [2.75, 3.05) is 13.1 Å². The van der Waals surface area contributed by atoms with E-state index >= 15 is 0 Å². The van der Waals surface area contributed by atoms with Crippen molar-refractivity contribution < 1.29 is 9.18 Å². The highest BCUT2D eigenvalue weighted by Crippen LogP contribution is 2.21. The summed E-state index contributed by atoms with van der Waals surface area (Å²) in [6.07, 6.45) is 1.17. The summed E-state index contributed by atoms with van der Waals surface area (Å²) in [7, 11) is 0. The Kier molecular flexibility index (Phi) is 5.78. The summed E-state index contributed by atoms with van der Waals surface area (Å²) in [4.78, 5) is 13.8. The van der Waals surface area contributed by atoms with E-state index in [9.17, 15) is 9.18 Å². The molecule has 1 aromatic carbocycles. The van der Waals surface area contributed by atoms with Crippen molar-refractivity contribution in [3.8, 4) is 0 Å². The molecule has 0 aromatic heterocycles. The average molecular weight is 252 g/mol. The molecule has 0 radical (unpaired) electrons. The van der Waals surface area contributed by atoms with Gasteiger partial charge in [0.1, 0.15) is 5.82 Å². The molecule has 1 atom stereocenters. The van der Waals surface area contributed by atoms with Crippen LogP contribution in [0, 0.1) is 5.82 Å². The van der Waals surface area contributed by atoms with Gasteiger partial charge in [-0.25, -0.2) is 4.39 Å². The maximum absolute atomic E-state index is 12.9. The second kappa shape index (κ2) is 7.11. The van der Waals surface area contributed by atoms with Crippen LogP contribution < -0.4 is 5.73 Å². The second-order valence-corrected chi connectivity index (χ2v) is 4.30. The number of carbonyl (C=O) groups is 1. The van der Waals surface area contributed by atoms with Gasteiger partial charge in [-0.15, -0.1) is 0 Å². The summed E-state index contributed by atoms with van der Waals surface area (Å²) >= 11 is 0. The average Bonchev–Trinajstić information content (AvgIpc) is 2.37. The predicted octanol–water partition coefficient (Wildman–Crippen LogP) is 2.47. The van der Waals surface area contributed by atoms with Crippen LogP contribution in [0.2, 0.25) is 0 Å². The van der Waals surface area contributed by atoms with Crippen molar-refractivity contribution >= 4 is 5.91 Å². The minimum absolute atomic E-state index is 0.0409. The van der Waals surface area contributed by atoms with Crippen molar-refractivity contribution in [2.24, 2.45) is 5.73 Å². The fourth-order valence-corrected chi connectivity index (χ4v) is 1.98. The fraction of sp³-hybridized carbons (Fsp3) is 0.500. The first kappa shape index (κ1) is 14.6. The zero-order valence-corrected chi connectivity index (χ0v) is 11.0. The van der Waals surface area contributed by atoms with Crippen LogP contribution in [0.5, 0.6) is 0 Å². The first-order valence-corrected chi connectivity index (χ1v) is 6.35. The van der Waals surface area contributed by atoms with Crippen LogP contribution in [-0.2, 0) is 4.79 Å². The topological polar surface area (TPSA) is 46.3 Å². The molecule has 0 aliphatic rings. The number of hydrogen-bond donors (Lipinski definition) is 1. The van der Waals surface area contributed by atoms with Gasteiger partial charge in [0.25, 0.3) is 0 Å². The van der Waals surface area contributed by atoms with Gasteiger partial charge in [0.05, 0.1) is 6.04 Å². The lowest BCUT2D eigenvalue weighted by Crippen LogP contribution is -2.33. The summed E-state index contributed by atoms with van der Waals surface area (Å²) in [6, 6.07) is 6.24. The van der Waals surface area contributed by atoms with Crippen molar-refractivity contribution in [1.29, 1.82) is 0 Å². The van der Waals surface area contributed by atoms with E-state index in [0.717, 1.165) is 5.56 Å². The van der Waals surface area contributed by atoms with E-state index in [-0.39, 0.29) is 17.8 Å². The second-order valence-electron chi connectivity index (χ2n) is 4.30. The highest BCUT2D eigenvalue weighted by molar-refractivity contribution is 5.76. The molecule has 4 heteroatoms. The summed E-state index contributed by atoms with van der Waals surface area (Å²) in [5.74, 6) is -0.164. The van der Waals surface area contributed by atoms with Crippen molar-refractivity contribution in [1.82, 2.24) is 4.90 Å². The first-order valence-electron chi connectivity index (χ1n) is 6.35. The molecule has 0 heterocycles. The summed E-state index contributed by atoms with van der Waals surface area (Å²) < 4.78 is 12.9. The number of halogens is 1. The van der Waals surface area contributed by atoms with Gasteiger partial charge in [0, 0.05) is 13.0 Å². The van der Waals surface area contributed by atoms with Crippen LogP contribution in [0.3, 0.4) is 0 Å². The highest BCUT2D eigenvalue weighted by atomic mass is 19.1. The van der Waals surface area contributed by atoms with Gasteiger partial charge in [-0.2, -0.15) is 0 Å². The van der Waals surface area contributed by atoms with Crippen LogP contribution >= 0.6 is 0 Å². The van der Waals surface area contributed by atoms with E-state index in [1.807, 2.05) is 13.8 Å². The van der Waals surface area contributed by atoms with Gasteiger partial charge in [0.2, 0.25) is 5.91 Å². The standard InChI is InChI=1S/C14H21FN2O/c1-3-17(14(18)5-4-10-16)11(2)12-6-8-13(15)9-7-12/h6-9,11H,3-5,10,16H2,1-2H3. The zero-order chi connectivity index (χ0) is 13.5. The number of benzene rings is 1. The van der Waals surface area contributed by atoms with E-state index in [0.29, 0.717) is 25.9 Å². The Morgan fingerprint density at radius 3 is 2.50 bits per heavy atom. The summed E-state index contributed by atoms with van der Waals surface area (Å²) in [6.45, 7) is 5.06. The Morgan fingerprint density at radius 1 is 1.39 bits per heavy atom. The van der Waals surface area contributed by atoms with Crippen molar-refractivity contribution in [3.63, 3.8) is 0 Å². The third kappa shape index (κ3) is 3.81. The third-order valence-electron chi connectivity index (χ3n) is 3.08. The smallest absolute Gasteiger partial charge is 0.223 e. The van der Waals surface area contributed by atoms with E-state index < -0.39 is 0 Å². The van der Waals surface area contributed by atoms with E-state index in [2.05, 4.69) is 0 Å². The quantitative estimate of drug-likeness (QED) is 0.845. The number of nitrogens with two attached hydrogens (primary N) is 1. The molecule has 0 spiro atoms. The SMILES string of the molecule is CCN(C(=O)CCCN)C(C)c1ccc(F)cc1. The number of nitrogens with zero attached hydrogens (tertiary/aromatic N) is 1. The lowest BCUT2D eigenvalue weighted by Gasteiger charge is -2.28. The van der Waals surface area contributed by atoms with Gasteiger partial charge < -0.3 is 10.6 Å². The van der Waals surface area contributed by atoms with Crippen LogP contribution in [0.4, 0.5) is 4.39 Å². The van der Waals surface area contributed by atoms with E-state index in [1.165, 1.54) is 12.1 Å². The Hall–Kier alpha value is -1.42. The maximum Gasteiger partial charge on any atom is 0.223 e. The number of rotatable bonds is 6. The Bertz CT molecular complexity index is 378. The number of hydrogen-bond acceptors (Lipinski definition) is 2. The maximum atomic E-state index is 12.9. The van der Waals surface area contributed by atoms with E-state index in [4.69, 9.17) is 5.73 Å². The zero-order valence-electron chi connectivity index (χ0n) is 11.0. The molecule has 100 valence electrons. The van der Waals surface area contributed by atoms with Gasteiger partial charge >= 0.3 is 0 Å². The first-order chi connectivity index (χ1) is 8.60. The van der Waals surface area contributed by atoms with Crippen molar-refractivity contribution in [2.45, 2.75) is 32.7 Å². The molecule has 2 N–H and O–H groups in total.